The third-order valence-electron chi connectivity index (χ3n) is 5.47. The molecule has 0 aliphatic heterocycles. The van der Waals surface area contributed by atoms with Crippen LogP contribution >= 0.6 is 11.6 Å². The van der Waals surface area contributed by atoms with Crippen molar-refractivity contribution in [1.82, 2.24) is 4.31 Å². The molecule has 0 spiro atoms. The Hall–Kier alpha value is -1.64. The second-order valence-electron chi connectivity index (χ2n) is 8.23. The van der Waals surface area contributed by atoms with E-state index < -0.39 is 35.1 Å². The number of hydrogen-bond donors (Lipinski definition) is 0. The lowest BCUT2D eigenvalue weighted by molar-refractivity contribution is -0.167. The van der Waals surface area contributed by atoms with Crippen molar-refractivity contribution in [2.45, 2.75) is 51.0 Å². The van der Waals surface area contributed by atoms with Gasteiger partial charge in [0.25, 0.3) is 0 Å². The summed E-state index contributed by atoms with van der Waals surface area (Å²) >= 11 is 5.77. The monoisotopic (exact) mass is 459 g/mol. The normalized spacial score (nSPS) is 22.2. The fourth-order valence-electron chi connectivity index (χ4n) is 3.69. The Labute approximate surface area is 183 Å². The molecule has 1 aromatic rings. The van der Waals surface area contributed by atoms with Crippen molar-refractivity contribution in [3.8, 4) is 0 Å². The summed E-state index contributed by atoms with van der Waals surface area (Å²) < 4.78 is 36.4. The van der Waals surface area contributed by atoms with Crippen LogP contribution in [0.3, 0.4) is 0 Å². The third-order valence-corrected chi connectivity index (χ3v) is 7.54. The Morgan fingerprint density at radius 2 is 1.80 bits per heavy atom. The molecule has 3 atom stereocenters. The summed E-state index contributed by atoms with van der Waals surface area (Å²) in [5, 5.41) is 0.404. The summed E-state index contributed by atoms with van der Waals surface area (Å²) in [6.45, 7) is 5.29. The van der Waals surface area contributed by atoms with E-state index >= 15 is 0 Å². The number of nitrogens with zero attached hydrogens (tertiary/aromatic N) is 1. The maximum Gasteiger partial charge on any atom is 0.344 e. The second kappa shape index (κ2) is 10.6. The minimum atomic E-state index is -3.88. The molecule has 1 aliphatic carbocycles. The molecule has 0 aromatic heterocycles. The fraction of sp³-hybridized carbons (Fsp3) is 0.619. The molecule has 2 rings (SSSR count). The van der Waals surface area contributed by atoms with Gasteiger partial charge >= 0.3 is 11.9 Å². The number of rotatable bonds is 8. The summed E-state index contributed by atoms with van der Waals surface area (Å²) in [7, 11) is -2.61. The van der Waals surface area contributed by atoms with Crippen LogP contribution in [-0.4, -0.2) is 51.0 Å². The first-order chi connectivity index (χ1) is 14.0. The number of sulfonamides is 1. The number of likely N-dealkylation sites (N-methyl/N-ethyl adjacent to an activating group) is 1. The first kappa shape index (κ1) is 24.6. The van der Waals surface area contributed by atoms with Gasteiger partial charge < -0.3 is 9.47 Å². The Morgan fingerprint density at radius 1 is 1.17 bits per heavy atom. The van der Waals surface area contributed by atoms with Gasteiger partial charge in [0.05, 0.1) is 4.90 Å². The van der Waals surface area contributed by atoms with Crippen LogP contribution in [0, 0.1) is 17.8 Å². The number of esters is 2. The molecule has 9 heteroatoms. The molecule has 0 amide bonds. The number of ether oxygens (including phenoxy) is 2. The maximum absolute atomic E-state index is 12.5. The van der Waals surface area contributed by atoms with Crippen molar-refractivity contribution >= 4 is 33.6 Å². The molecule has 0 bridgehead atoms. The van der Waals surface area contributed by atoms with E-state index in [0.29, 0.717) is 16.9 Å². The van der Waals surface area contributed by atoms with Gasteiger partial charge in [-0.15, -0.1) is 0 Å². The average Bonchev–Trinajstić information content (AvgIpc) is 2.66. The smallest absolute Gasteiger partial charge is 0.344 e. The van der Waals surface area contributed by atoms with Crippen LogP contribution in [0.25, 0.3) is 0 Å². The van der Waals surface area contributed by atoms with Gasteiger partial charge in [-0.2, -0.15) is 4.31 Å². The van der Waals surface area contributed by atoms with Gasteiger partial charge in [-0.1, -0.05) is 38.8 Å². The Morgan fingerprint density at radius 3 is 2.40 bits per heavy atom. The van der Waals surface area contributed by atoms with E-state index in [1.807, 2.05) is 0 Å². The van der Waals surface area contributed by atoms with Crippen LogP contribution in [0.15, 0.2) is 29.2 Å². The lowest BCUT2D eigenvalue weighted by Gasteiger charge is -2.36. The molecule has 0 unspecified atom stereocenters. The van der Waals surface area contributed by atoms with Crippen LogP contribution in [0.5, 0.6) is 0 Å². The quantitative estimate of drug-likeness (QED) is 0.552. The molecular weight excluding hydrogens is 430 g/mol. The lowest BCUT2D eigenvalue weighted by Crippen LogP contribution is -2.37. The molecule has 0 saturated heterocycles. The van der Waals surface area contributed by atoms with Crippen molar-refractivity contribution in [2.24, 2.45) is 17.8 Å². The van der Waals surface area contributed by atoms with Crippen molar-refractivity contribution in [1.29, 1.82) is 0 Å². The first-order valence-corrected chi connectivity index (χ1v) is 11.9. The van der Waals surface area contributed by atoms with E-state index in [2.05, 4.69) is 20.8 Å². The van der Waals surface area contributed by atoms with Crippen LogP contribution in [0.2, 0.25) is 5.02 Å². The summed E-state index contributed by atoms with van der Waals surface area (Å²) in [6.07, 6.45) is 2.72. The summed E-state index contributed by atoms with van der Waals surface area (Å²) in [5.74, 6) is -0.283. The zero-order valence-electron chi connectivity index (χ0n) is 17.8. The van der Waals surface area contributed by atoms with Gasteiger partial charge in [0.1, 0.15) is 12.6 Å². The third kappa shape index (κ3) is 6.68. The minimum Gasteiger partial charge on any atom is -0.460 e. The van der Waals surface area contributed by atoms with Gasteiger partial charge in [-0.25, -0.2) is 13.2 Å². The summed E-state index contributed by atoms with van der Waals surface area (Å²) in [6, 6.07) is 5.61. The van der Waals surface area contributed by atoms with E-state index in [0.717, 1.165) is 23.6 Å². The molecular formula is C21H30ClNO6S. The summed E-state index contributed by atoms with van der Waals surface area (Å²) in [4.78, 5) is 24.2. The highest BCUT2D eigenvalue weighted by atomic mass is 35.5. The van der Waals surface area contributed by atoms with Crippen molar-refractivity contribution in [2.75, 3.05) is 20.2 Å². The predicted molar refractivity (Wildman–Crippen MR) is 113 cm³/mol. The van der Waals surface area contributed by atoms with E-state index in [-0.39, 0.29) is 16.9 Å². The molecule has 1 aromatic carbocycles. The largest absolute Gasteiger partial charge is 0.460 e. The number of carbonyl (C=O) groups excluding carboxylic acids is 2. The molecule has 1 saturated carbocycles. The van der Waals surface area contributed by atoms with E-state index in [9.17, 15) is 18.0 Å². The zero-order chi connectivity index (χ0) is 22.5. The van der Waals surface area contributed by atoms with Crippen molar-refractivity contribution in [3.63, 3.8) is 0 Å². The number of hydrogen-bond acceptors (Lipinski definition) is 6. The number of carbonyl (C=O) groups is 2. The standard InChI is InChI=1S/C21H30ClNO6S/c1-14(2)18-10-5-15(3)11-19(18)29-21(25)13-28-20(24)12-23(4)30(26,27)17-8-6-16(22)7-9-17/h6-9,14-15,18-19H,5,10-13H2,1-4H3/t15-,18+,19+/m0/s1. The summed E-state index contributed by atoms with van der Waals surface area (Å²) in [5.41, 5.74) is 0. The number of halogens is 1. The molecule has 1 fully saturated rings. The van der Waals surface area contributed by atoms with Gasteiger partial charge in [0, 0.05) is 12.1 Å². The molecule has 168 valence electrons. The highest BCUT2D eigenvalue weighted by molar-refractivity contribution is 7.89. The molecule has 7 nitrogen and oxygen atoms in total. The van der Waals surface area contributed by atoms with Crippen LogP contribution in [-0.2, 0) is 29.1 Å². The average molecular weight is 460 g/mol. The highest BCUT2D eigenvalue weighted by Crippen LogP contribution is 2.35. The Bertz CT molecular complexity index is 840. The molecule has 0 heterocycles. The second-order valence-corrected chi connectivity index (χ2v) is 10.7. The van der Waals surface area contributed by atoms with Crippen LogP contribution in [0.1, 0.15) is 40.0 Å². The molecule has 0 radical (unpaired) electrons. The molecule has 30 heavy (non-hydrogen) atoms. The topological polar surface area (TPSA) is 90.0 Å². The van der Waals surface area contributed by atoms with Crippen LogP contribution in [0.4, 0.5) is 0 Å². The molecule has 0 N–H and O–H groups in total. The van der Waals surface area contributed by atoms with Crippen molar-refractivity contribution < 1.29 is 27.5 Å². The predicted octanol–water partition coefficient (Wildman–Crippen LogP) is 3.51. The van der Waals surface area contributed by atoms with Crippen LogP contribution < -0.4 is 0 Å². The minimum absolute atomic E-state index is 0.00718. The lowest BCUT2D eigenvalue weighted by atomic mass is 9.75. The fourth-order valence-corrected chi connectivity index (χ4v) is 4.93. The maximum atomic E-state index is 12.5. The first-order valence-electron chi connectivity index (χ1n) is 10.1. The van der Waals surface area contributed by atoms with Gasteiger partial charge in [-0.05, 0) is 54.9 Å². The van der Waals surface area contributed by atoms with E-state index in [1.54, 1.807) is 0 Å². The van der Waals surface area contributed by atoms with Crippen molar-refractivity contribution in [3.05, 3.63) is 29.3 Å². The molecule has 1 aliphatic rings. The number of benzene rings is 1. The Kier molecular flexibility index (Phi) is 8.70. The van der Waals surface area contributed by atoms with E-state index in [4.69, 9.17) is 21.1 Å². The Balaban J connectivity index is 1.86. The van der Waals surface area contributed by atoms with E-state index in [1.165, 1.54) is 31.3 Å². The SMILES string of the molecule is CC(C)[C@H]1CC[C@H](C)C[C@H]1OC(=O)COC(=O)CN(C)S(=O)(=O)c1ccc(Cl)cc1. The van der Waals surface area contributed by atoms with Gasteiger partial charge in [-0.3, -0.25) is 4.79 Å². The van der Waals surface area contributed by atoms with Gasteiger partial charge in [0.15, 0.2) is 6.61 Å². The van der Waals surface area contributed by atoms with Gasteiger partial charge in [0.2, 0.25) is 10.0 Å². The zero-order valence-corrected chi connectivity index (χ0v) is 19.4. The highest BCUT2D eigenvalue weighted by Gasteiger charge is 2.33.